The molecule has 0 saturated carbocycles. The zero-order valence-corrected chi connectivity index (χ0v) is 11.8. The van der Waals surface area contributed by atoms with Crippen LogP contribution in [0.5, 0.6) is 0 Å². The molecule has 0 radical (unpaired) electrons. The van der Waals surface area contributed by atoms with Gasteiger partial charge in [-0.05, 0) is 33.1 Å². The molecule has 2 aromatic heterocycles. The van der Waals surface area contributed by atoms with Crippen LogP contribution in [0, 0.1) is 0 Å². The fraction of sp³-hybridized carbons (Fsp3) is 0.364. The monoisotopic (exact) mass is 295 g/mol. The van der Waals surface area contributed by atoms with Crippen molar-refractivity contribution in [2.24, 2.45) is 0 Å². The minimum Gasteiger partial charge on any atom is -0.325 e. The number of aromatic nitrogens is 4. The average molecular weight is 295 g/mol. The molecule has 0 aliphatic rings. The zero-order valence-electron chi connectivity index (χ0n) is 11.0. The van der Waals surface area contributed by atoms with Crippen molar-refractivity contribution in [3.8, 4) is 10.7 Å². The number of nitrogens with zero attached hydrogens (tertiary/aromatic N) is 4. The number of amides is 1. The van der Waals surface area contributed by atoms with Crippen LogP contribution in [0.2, 0.25) is 0 Å². The molecule has 20 heavy (non-hydrogen) atoms. The van der Waals surface area contributed by atoms with Crippen LogP contribution in [0.3, 0.4) is 0 Å². The summed E-state index contributed by atoms with van der Waals surface area (Å²) in [7, 11) is 0. The lowest BCUT2D eigenvalue weighted by Gasteiger charge is -2.05. The molecule has 8 nitrogen and oxygen atoms in total. The predicted octanol–water partition coefficient (Wildman–Crippen LogP) is 1.12. The highest BCUT2D eigenvalue weighted by molar-refractivity contribution is 7.14. The summed E-state index contributed by atoms with van der Waals surface area (Å²) in [6, 6.07) is 1.75. The topological polar surface area (TPSA) is 99.0 Å². The van der Waals surface area contributed by atoms with Crippen molar-refractivity contribution in [1.29, 1.82) is 0 Å². The standard InChI is InChI=1S/C11H13N5O3S/c1-3-4-9(18)12-8-5-6-20-10(8)11-13-14-15-16(11)19-7(2)17/h5-6H,3-4H2,1-2H3,(H,12,18). The number of nitrogens with one attached hydrogen (secondary N) is 1. The second-order valence-corrected chi connectivity index (χ2v) is 4.84. The van der Waals surface area contributed by atoms with Crippen molar-refractivity contribution in [2.75, 3.05) is 5.32 Å². The summed E-state index contributed by atoms with van der Waals surface area (Å²) in [6.45, 7) is 3.18. The van der Waals surface area contributed by atoms with Crippen LogP contribution in [-0.2, 0) is 9.59 Å². The second kappa shape index (κ2) is 6.24. The van der Waals surface area contributed by atoms with E-state index >= 15 is 0 Å². The fourth-order valence-electron chi connectivity index (χ4n) is 1.52. The Bertz CT molecular complexity index is 621. The number of carbonyl (C=O) groups excluding carboxylic acids is 2. The minimum absolute atomic E-state index is 0.0846. The first-order chi connectivity index (χ1) is 9.61. The smallest absolute Gasteiger partial charge is 0.325 e. The lowest BCUT2D eigenvalue weighted by Crippen LogP contribution is -2.19. The Labute approximate surface area is 118 Å². The van der Waals surface area contributed by atoms with Gasteiger partial charge in [0, 0.05) is 13.3 Å². The summed E-state index contributed by atoms with van der Waals surface area (Å²) in [4.78, 5) is 29.0. The number of hydrogen-bond donors (Lipinski definition) is 1. The molecule has 2 aromatic rings. The van der Waals surface area contributed by atoms with Gasteiger partial charge >= 0.3 is 5.97 Å². The van der Waals surface area contributed by atoms with E-state index in [9.17, 15) is 9.59 Å². The Morgan fingerprint density at radius 2 is 2.30 bits per heavy atom. The van der Waals surface area contributed by atoms with Gasteiger partial charge in [-0.25, -0.2) is 4.79 Å². The molecule has 0 aliphatic carbocycles. The average Bonchev–Trinajstić information content (AvgIpc) is 2.97. The van der Waals surface area contributed by atoms with Gasteiger partial charge in [0.05, 0.1) is 5.69 Å². The summed E-state index contributed by atoms with van der Waals surface area (Å²) >= 11 is 1.34. The largest absolute Gasteiger partial charge is 0.332 e. The first-order valence-electron chi connectivity index (χ1n) is 5.96. The Morgan fingerprint density at radius 1 is 1.50 bits per heavy atom. The van der Waals surface area contributed by atoms with Gasteiger partial charge in [-0.3, -0.25) is 4.79 Å². The maximum Gasteiger partial charge on any atom is 0.332 e. The van der Waals surface area contributed by atoms with Crippen molar-refractivity contribution < 1.29 is 14.4 Å². The normalized spacial score (nSPS) is 10.3. The molecular formula is C11H13N5O3S. The summed E-state index contributed by atoms with van der Waals surface area (Å²) in [5.74, 6) is -0.354. The van der Waals surface area contributed by atoms with Crippen LogP contribution in [-0.4, -0.2) is 32.2 Å². The van der Waals surface area contributed by atoms with Crippen molar-refractivity contribution in [3.05, 3.63) is 11.4 Å². The predicted molar refractivity (Wildman–Crippen MR) is 71.9 cm³/mol. The second-order valence-electron chi connectivity index (χ2n) is 3.92. The molecule has 0 atom stereocenters. The van der Waals surface area contributed by atoms with Gasteiger partial charge < -0.3 is 10.2 Å². The van der Waals surface area contributed by atoms with Gasteiger partial charge in [-0.1, -0.05) is 6.92 Å². The van der Waals surface area contributed by atoms with Crippen LogP contribution in [0.4, 0.5) is 5.69 Å². The van der Waals surface area contributed by atoms with E-state index < -0.39 is 5.97 Å². The number of anilines is 1. The molecule has 0 unspecified atom stereocenters. The number of rotatable bonds is 5. The first kappa shape index (κ1) is 14.1. The van der Waals surface area contributed by atoms with Gasteiger partial charge in [-0.15, -0.1) is 16.4 Å². The van der Waals surface area contributed by atoms with E-state index in [0.29, 0.717) is 17.0 Å². The highest BCUT2D eigenvalue weighted by Gasteiger charge is 2.18. The molecule has 1 amide bonds. The molecule has 0 fully saturated rings. The van der Waals surface area contributed by atoms with E-state index in [1.807, 2.05) is 6.92 Å². The van der Waals surface area contributed by atoms with Crippen molar-refractivity contribution in [1.82, 2.24) is 20.4 Å². The van der Waals surface area contributed by atoms with E-state index in [0.717, 1.165) is 11.3 Å². The van der Waals surface area contributed by atoms with Gasteiger partial charge in [0.15, 0.2) is 0 Å². The molecule has 9 heteroatoms. The Morgan fingerprint density at radius 3 is 3.00 bits per heavy atom. The SMILES string of the molecule is CCCC(=O)Nc1ccsc1-c1nnnn1OC(C)=O. The number of thiophene rings is 1. The highest BCUT2D eigenvalue weighted by Crippen LogP contribution is 2.31. The van der Waals surface area contributed by atoms with Crippen LogP contribution in [0.15, 0.2) is 11.4 Å². The molecule has 2 rings (SSSR count). The van der Waals surface area contributed by atoms with E-state index in [1.54, 1.807) is 11.4 Å². The van der Waals surface area contributed by atoms with Crippen molar-refractivity contribution in [3.63, 3.8) is 0 Å². The summed E-state index contributed by atoms with van der Waals surface area (Å²) < 4.78 is 0. The molecule has 0 aromatic carbocycles. The van der Waals surface area contributed by atoms with Gasteiger partial charge in [-0.2, -0.15) is 0 Å². The first-order valence-corrected chi connectivity index (χ1v) is 6.84. The Kier molecular flexibility index (Phi) is 4.41. The molecule has 106 valence electrons. The number of tetrazole rings is 1. The molecule has 0 aliphatic heterocycles. The van der Waals surface area contributed by atoms with E-state index in [2.05, 4.69) is 20.8 Å². The van der Waals surface area contributed by atoms with Gasteiger partial charge in [0.2, 0.25) is 11.7 Å². The van der Waals surface area contributed by atoms with Crippen molar-refractivity contribution >= 4 is 28.9 Å². The van der Waals surface area contributed by atoms with Crippen LogP contribution < -0.4 is 10.2 Å². The molecule has 0 bridgehead atoms. The van der Waals surface area contributed by atoms with Crippen LogP contribution in [0.1, 0.15) is 26.7 Å². The molecule has 2 heterocycles. The highest BCUT2D eigenvalue weighted by atomic mass is 32.1. The maximum absolute atomic E-state index is 11.6. The third-order valence-corrected chi connectivity index (χ3v) is 3.19. The molecule has 0 spiro atoms. The summed E-state index contributed by atoms with van der Waals surface area (Å²) in [5.41, 5.74) is 0.594. The van der Waals surface area contributed by atoms with E-state index in [4.69, 9.17) is 4.84 Å². The fourth-order valence-corrected chi connectivity index (χ4v) is 2.33. The molecule has 1 N–H and O–H groups in total. The quantitative estimate of drug-likeness (QED) is 0.830. The lowest BCUT2D eigenvalue weighted by atomic mass is 10.3. The third-order valence-electron chi connectivity index (χ3n) is 2.28. The Hall–Kier alpha value is -2.29. The van der Waals surface area contributed by atoms with Crippen molar-refractivity contribution in [2.45, 2.75) is 26.7 Å². The van der Waals surface area contributed by atoms with Crippen LogP contribution in [0.25, 0.3) is 10.7 Å². The Balaban J connectivity index is 2.26. The van der Waals surface area contributed by atoms with E-state index in [1.165, 1.54) is 18.3 Å². The van der Waals surface area contributed by atoms with Crippen LogP contribution >= 0.6 is 11.3 Å². The minimum atomic E-state index is -0.535. The number of hydrogen-bond acceptors (Lipinski definition) is 7. The molecule has 0 saturated heterocycles. The molecular weight excluding hydrogens is 282 g/mol. The maximum atomic E-state index is 11.6. The summed E-state index contributed by atoms with van der Waals surface area (Å²) in [5, 5.41) is 15.4. The number of carbonyl (C=O) groups is 2. The van der Waals surface area contributed by atoms with Gasteiger partial charge in [0.1, 0.15) is 4.88 Å². The third kappa shape index (κ3) is 3.18. The van der Waals surface area contributed by atoms with Gasteiger partial charge in [0.25, 0.3) is 0 Å². The summed E-state index contributed by atoms with van der Waals surface area (Å²) in [6.07, 6.45) is 1.20. The lowest BCUT2D eigenvalue weighted by molar-refractivity contribution is -0.143. The van der Waals surface area contributed by atoms with E-state index in [-0.39, 0.29) is 11.7 Å². The zero-order chi connectivity index (χ0) is 14.5.